The molecule has 17 heavy (non-hydrogen) atoms. The van der Waals surface area contributed by atoms with Gasteiger partial charge >= 0.3 is 5.97 Å². The van der Waals surface area contributed by atoms with Gasteiger partial charge in [-0.2, -0.15) is 0 Å². The number of rotatable bonds is 3. The van der Waals surface area contributed by atoms with Gasteiger partial charge in [0.25, 0.3) is 0 Å². The summed E-state index contributed by atoms with van der Waals surface area (Å²) in [5.74, 6) is -0.250. The first-order valence-electron chi connectivity index (χ1n) is 5.74. The van der Waals surface area contributed by atoms with Gasteiger partial charge in [0.15, 0.2) is 0 Å². The first-order chi connectivity index (χ1) is 7.78. The Hall–Kier alpha value is -0.580. The predicted octanol–water partition coefficient (Wildman–Crippen LogP) is 4.01. The van der Waals surface area contributed by atoms with Crippen molar-refractivity contribution in [1.82, 2.24) is 0 Å². The van der Waals surface area contributed by atoms with Crippen LogP contribution in [0, 0.1) is 0 Å². The van der Waals surface area contributed by atoms with E-state index in [1.165, 1.54) is 5.56 Å². The van der Waals surface area contributed by atoms with Crippen LogP contribution in [0.1, 0.15) is 43.6 Å². The zero-order valence-corrected chi connectivity index (χ0v) is 12.9. The van der Waals surface area contributed by atoms with Crippen LogP contribution in [-0.2, 0) is 11.2 Å². The average molecular weight is 346 g/mol. The summed E-state index contributed by atoms with van der Waals surface area (Å²) in [5.41, 5.74) is 1.37. The lowest BCUT2D eigenvalue weighted by Crippen LogP contribution is -2.23. The topological polar surface area (TPSA) is 26.3 Å². The number of hydrogen-bond acceptors (Lipinski definition) is 2. The maximum atomic E-state index is 11.9. The zero-order chi connectivity index (χ0) is 13.1. The lowest BCUT2D eigenvalue weighted by atomic mass is 10.1. The number of halogens is 1. The molecule has 0 fully saturated rings. The quantitative estimate of drug-likeness (QED) is 0.470. The molecule has 1 aromatic carbocycles. The minimum atomic E-state index is -0.441. The van der Waals surface area contributed by atoms with Gasteiger partial charge < -0.3 is 4.74 Å². The highest BCUT2D eigenvalue weighted by Crippen LogP contribution is 2.15. The van der Waals surface area contributed by atoms with Gasteiger partial charge in [0.1, 0.15) is 5.60 Å². The Kier molecular flexibility index (Phi) is 4.98. The minimum absolute atomic E-state index is 0.250. The summed E-state index contributed by atoms with van der Waals surface area (Å²) in [4.78, 5) is 11.9. The molecular weight excluding hydrogens is 327 g/mol. The van der Waals surface area contributed by atoms with Gasteiger partial charge in [-0.3, -0.25) is 0 Å². The zero-order valence-electron chi connectivity index (χ0n) is 10.8. The van der Waals surface area contributed by atoms with E-state index < -0.39 is 5.60 Å². The Morgan fingerprint density at radius 2 is 2.06 bits per heavy atom. The van der Waals surface area contributed by atoms with Crippen LogP contribution in [0.5, 0.6) is 0 Å². The van der Waals surface area contributed by atoms with Crippen molar-refractivity contribution < 1.29 is 9.53 Å². The van der Waals surface area contributed by atoms with Crippen LogP contribution < -0.4 is 0 Å². The fourth-order valence-electron chi connectivity index (χ4n) is 1.49. The smallest absolute Gasteiger partial charge is 0.338 e. The largest absolute Gasteiger partial charge is 0.456 e. The number of carbonyl (C=O) groups excluding carboxylic acids is 1. The Morgan fingerprint density at radius 3 is 2.59 bits per heavy atom. The van der Waals surface area contributed by atoms with Crippen molar-refractivity contribution >= 4 is 28.6 Å². The third-order valence-corrected chi connectivity index (χ3v) is 2.52. The van der Waals surface area contributed by atoms with Crippen molar-refractivity contribution in [2.24, 2.45) is 0 Å². The molecule has 0 heterocycles. The first-order valence-corrected chi connectivity index (χ1v) is 6.99. The second kappa shape index (κ2) is 5.85. The van der Waals surface area contributed by atoms with Crippen LogP contribution in [0.4, 0.5) is 0 Å². The normalized spacial score (nSPS) is 13.2. The molecule has 0 amide bonds. The van der Waals surface area contributed by atoms with Crippen LogP contribution in [0.2, 0.25) is 0 Å². The lowest BCUT2D eigenvalue weighted by molar-refractivity contribution is 0.00694. The molecule has 2 nitrogen and oxygen atoms in total. The molecule has 0 saturated heterocycles. The Bertz CT molecular complexity index is 391. The molecule has 0 saturated carbocycles. The summed E-state index contributed by atoms with van der Waals surface area (Å²) in [7, 11) is 0. The Morgan fingerprint density at radius 1 is 1.41 bits per heavy atom. The van der Waals surface area contributed by atoms with Gasteiger partial charge in [-0.25, -0.2) is 4.79 Å². The van der Waals surface area contributed by atoms with Crippen molar-refractivity contribution in [3.63, 3.8) is 0 Å². The fraction of sp³-hybridized carbons (Fsp3) is 0.500. The van der Waals surface area contributed by atoms with Crippen LogP contribution >= 0.6 is 22.6 Å². The highest BCUT2D eigenvalue weighted by atomic mass is 127. The Labute approximate surface area is 117 Å². The van der Waals surface area contributed by atoms with Crippen molar-refractivity contribution in [2.75, 3.05) is 0 Å². The molecule has 0 aromatic heterocycles. The van der Waals surface area contributed by atoms with Crippen LogP contribution in [0.3, 0.4) is 0 Å². The van der Waals surface area contributed by atoms with E-state index in [1.807, 2.05) is 39.0 Å². The molecule has 1 rings (SSSR count). The van der Waals surface area contributed by atoms with Crippen LogP contribution in [0.15, 0.2) is 24.3 Å². The number of ether oxygens (including phenoxy) is 1. The summed E-state index contributed by atoms with van der Waals surface area (Å²) in [6, 6.07) is 7.68. The van der Waals surface area contributed by atoms with Crippen molar-refractivity contribution in [3.8, 4) is 0 Å². The molecule has 94 valence electrons. The molecule has 0 N–H and O–H groups in total. The molecule has 0 spiro atoms. The van der Waals surface area contributed by atoms with Gasteiger partial charge in [0.05, 0.1) is 5.56 Å². The van der Waals surface area contributed by atoms with E-state index >= 15 is 0 Å². The number of esters is 1. The summed E-state index contributed by atoms with van der Waals surface area (Å²) in [6.07, 6.45) is 0.969. The fourth-order valence-corrected chi connectivity index (χ4v) is 2.00. The molecule has 1 aromatic rings. The van der Waals surface area contributed by atoms with E-state index in [-0.39, 0.29) is 5.97 Å². The molecule has 3 heteroatoms. The van der Waals surface area contributed by atoms with E-state index in [1.54, 1.807) is 6.07 Å². The van der Waals surface area contributed by atoms with Crippen molar-refractivity contribution in [2.45, 2.75) is 43.6 Å². The van der Waals surface area contributed by atoms with E-state index in [0.717, 1.165) is 6.42 Å². The summed E-state index contributed by atoms with van der Waals surface area (Å²) < 4.78 is 5.90. The molecule has 0 aliphatic heterocycles. The number of alkyl halides is 1. The molecule has 0 bridgehead atoms. The summed E-state index contributed by atoms with van der Waals surface area (Å²) >= 11 is 2.38. The second-order valence-corrected chi connectivity index (χ2v) is 7.31. The first kappa shape index (κ1) is 14.5. The van der Waals surface area contributed by atoms with E-state index in [4.69, 9.17) is 4.74 Å². The van der Waals surface area contributed by atoms with Crippen molar-refractivity contribution in [3.05, 3.63) is 35.4 Å². The molecule has 0 aliphatic carbocycles. The molecule has 0 radical (unpaired) electrons. The highest BCUT2D eigenvalue weighted by Gasteiger charge is 2.17. The maximum absolute atomic E-state index is 11.9. The van der Waals surface area contributed by atoms with Gasteiger partial charge in [-0.05, 0) is 44.9 Å². The molecule has 1 atom stereocenters. The standard InChI is InChI=1S/C14H19IO2/c1-10(15)8-11-6-5-7-12(9-11)13(16)17-14(2,3)4/h5-7,9-10H,8H2,1-4H3/t10-/m1/s1. The second-order valence-electron chi connectivity index (χ2n) is 5.19. The third kappa shape index (κ3) is 5.52. The molecule has 0 aliphatic rings. The number of carbonyl (C=O) groups is 1. The van der Waals surface area contributed by atoms with E-state index in [2.05, 4.69) is 29.5 Å². The number of hydrogen-bond donors (Lipinski definition) is 0. The monoisotopic (exact) mass is 346 g/mol. The third-order valence-electron chi connectivity index (χ3n) is 2.08. The predicted molar refractivity (Wildman–Crippen MR) is 78.8 cm³/mol. The summed E-state index contributed by atoms with van der Waals surface area (Å²) in [6.45, 7) is 7.78. The summed E-state index contributed by atoms with van der Waals surface area (Å²) in [5, 5.41) is 0. The van der Waals surface area contributed by atoms with E-state index in [9.17, 15) is 4.79 Å². The van der Waals surface area contributed by atoms with Gasteiger partial charge in [0, 0.05) is 3.92 Å². The van der Waals surface area contributed by atoms with Gasteiger partial charge in [0.2, 0.25) is 0 Å². The maximum Gasteiger partial charge on any atom is 0.338 e. The number of benzene rings is 1. The minimum Gasteiger partial charge on any atom is -0.456 e. The average Bonchev–Trinajstić information content (AvgIpc) is 2.14. The lowest BCUT2D eigenvalue weighted by Gasteiger charge is -2.19. The highest BCUT2D eigenvalue weighted by molar-refractivity contribution is 14.1. The molecular formula is C14H19IO2. The van der Waals surface area contributed by atoms with Crippen LogP contribution in [-0.4, -0.2) is 15.5 Å². The van der Waals surface area contributed by atoms with Gasteiger partial charge in [-0.1, -0.05) is 41.6 Å². The van der Waals surface area contributed by atoms with E-state index in [0.29, 0.717) is 9.49 Å². The van der Waals surface area contributed by atoms with Gasteiger partial charge in [-0.15, -0.1) is 0 Å². The SMILES string of the molecule is C[C@@H](I)Cc1cccc(C(=O)OC(C)(C)C)c1. The Balaban J connectivity index is 2.81. The van der Waals surface area contributed by atoms with Crippen molar-refractivity contribution in [1.29, 1.82) is 0 Å². The van der Waals surface area contributed by atoms with Crippen LogP contribution in [0.25, 0.3) is 0 Å². The molecule has 0 unspecified atom stereocenters.